The first-order valence-corrected chi connectivity index (χ1v) is 3.04. The van der Waals surface area contributed by atoms with E-state index in [0.717, 1.165) is 12.8 Å². The van der Waals surface area contributed by atoms with Gasteiger partial charge in [-0.05, 0) is 6.42 Å². The molecule has 0 aromatic carbocycles. The van der Waals surface area contributed by atoms with Crippen molar-refractivity contribution in [1.29, 1.82) is 0 Å². The highest BCUT2D eigenvalue weighted by Crippen LogP contribution is 2.06. The Bertz CT molecular complexity index is 28.7. The van der Waals surface area contributed by atoms with Crippen molar-refractivity contribution >= 4 is 24.2 Å². The minimum Gasteiger partial charge on any atom is -0.160 e. The van der Waals surface area contributed by atoms with E-state index in [4.69, 9.17) is 11.6 Å². The number of rotatable bonds is 2. The first-order valence-electron chi connectivity index (χ1n) is 2.09. The van der Waals surface area contributed by atoms with Crippen LogP contribution in [0.2, 0.25) is 0 Å². The summed E-state index contributed by atoms with van der Waals surface area (Å²) >= 11 is 9.39. The van der Waals surface area contributed by atoms with Crippen LogP contribution in [-0.4, -0.2) is 4.71 Å². The molecule has 0 heterocycles. The van der Waals surface area contributed by atoms with E-state index in [0.29, 0.717) is 0 Å². The molecule has 0 rings (SSSR count). The monoisotopic (exact) mass is 124 g/mol. The minimum atomic E-state index is 0.0648. The summed E-state index contributed by atoms with van der Waals surface area (Å²) < 4.78 is 0.0648. The van der Waals surface area contributed by atoms with Gasteiger partial charge >= 0.3 is 0 Å². The van der Waals surface area contributed by atoms with Crippen LogP contribution in [0.3, 0.4) is 0 Å². The lowest BCUT2D eigenvalue weighted by Crippen LogP contribution is -1.81. The molecule has 38 valence electrons. The average Bonchev–Trinajstić information content (AvgIpc) is 1.35. The van der Waals surface area contributed by atoms with Crippen LogP contribution < -0.4 is 0 Å². The predicted octanol–water partition coefficient (Wildman–Crippen LogP) is 2.28. The lowest BCUT2D eigenvalue weighted by Gasteiger charge is -1.92. The van der Waals surface area contributed by atoms with Gasteiger partial charge in [-0.25, -0.2) is 0 Å². The Morgan fingerprint density at radius 1 is 1.83 bits per heavy atom. The summed E-state index contributed by atoms with van der Waals surface area (Å²) in [6, 6.07) is 0. The van der Waals surface area contributed by atoms with Gasteiger partial charge in [0.15, 0.2) is 0 Å². The standard InChI is InChI=1S/C4H9ClS/c1-2-3-4(5)6/h4,6H,2-3H2,1H3. The predicted molar refractivity (Wildman–Crippen MR) is 33.5 cm³/mol. The van der Waals surface area contributed by atoms with Crippen LogP contribution in [0, 0.1) is 0 Å². The third-order valence-corrected chi connectivity index (χ3v) is 1.00. The molecule has 0 saturated carbocycles. The third kappa shape index (κ3) is 4.64. The van der Waals surface area contributed by atoms with Crippen molar-refractivity contribution in [3.8, 4) is 0 Å². The molecule has 6 heavy (non-hydrogen) atoms. The van der Waals surface area contributed by atoms with Crippen LogP contribution in [-0.2, 0) is 0 Å². The Morgan fingerprint density at radius 2 is 2.33 bits per heavy atom. The van der Waals surface area contributed by atoms with Crippen LogP contribution >= 0.6 is 24.2 Å². The Morgan fingerprint density at radius 3 is 2.33 bits per heavy atom. The van der Waals surface area contributed by atoms with Crippen molar-refractivity contribution in [3.05, 3.63) is 0 Å². The van der Waals surface area contributed by atoms with Gasteiger partial charge in [0.25, 0.3) is 0 Å². The summed E-state index contributed by atoms with van der Waals surface area (Å²) in [5.41, 5.74) is 0. The van der Waals surface area contributed by atoms with Crippen LogP contribution in [0.4, 0.5) is 0 Å². The van der Waals surface area contributed by atoms with Crippen molar-refractivity contribution in [2.24, 2.45) is 0 Å². The van der Waals surface area contributed by atoms with Gasteiger partial charge in [0.05, 0.1) is 4.71 Å². The number of alkyl halides is 1. The first kappa shape index (κ1) is 6.64. The van der Waals surface area contributed by atoms with Gasteiger partial charge in [-0.1, -0.05) is 13.3 Å². The lowest BCUT2D eigenvalue weighted by molar-refractivity contribution is 0.868. The molecule has 0 aliphatic heterocycles. The molecule has 0 N–H and O–H groups in total. The third-order valence-electron chi connectivity index (χ3n) is 0.527. The zero-order valence-electron chi connectivity index (χ0n) is 3.82. The van der Waals surface area contributed by atoms with Crippen LogP contribution in [0.25, 0.3) is 0 Å². The molecule has 0 amide bonds. The smallest absolute Gasteiger partial charge is 0.0759 e. The minimum absolute atomic E-state index is 0.0648. The first-order chi connectivity index (χ1) is 2.77. The zero-order chi connectivity index (χ0) is 4.99. The van der Waals surface area contributed by atoms with E-state index in [1.165, 1.54) is 0 Å². The Labute approximate surface area is 49.3 Å². The quantitative estimate of drug-likeness (QED) is 0.424. The molecule has 0 bridgehead atoms. The molecule has 0 aliphatic rings. The molecule has 2 heteroatoms. The molecule has 0 spiro atoms. The molecular weight excluding hydrogens is 116 g/mol. The summed E-state index contributed by atoms with van der Waals surface area (Å²) in [6.07, 6.45) is 2.13. The zero-order valence-corrected chi connectivity index (χ0v) is 5.47. The Hall–Kier alpha value is 0.640. The molecule has 0 aromatic rings. The van der Waals surface area contributed by atoms with Crippen molar-refractivity contribution in [3.63, 3.8) is 0 Å². The van der Waals surface area contributed by atoms with Crippen LogP contribution in [0.5, 0.6) is 0 Å². The largest absolute Gasteiger partial charge is 0.160 e. The molecule has 0 radical (unpaired) electrons. The van der Waals surface area contributed by atoms with Gasteiger partial charge in [-0.3, -0.25) is 0 Å². The normalized spacial score (nSPS) is 14.5. The lowest BCUT2D eigenvalue weighted by atomic mass is 10.4. The van der Waals surface area contributed by atoms with E-state index >= 15 is 0 Å². The molecule has 0 saturated heterocycles. The molecule has 0 nitrogen and oxygen atoms in total. The van der Waals surface area contributed by atoms with E-state index in [-0.39, 0.29) is 4.71 Å². The van der Waals surface area contributed by atoms with Gasteiger partial charge < -0.3 is 0 Å². The fourth-order valence-electron chi connectivity index (χ4n) is 0.238. The van der Waals surface area contributed by atoms with E-state index in [1.807, 2.05) is 0 Å². The van der Waals surface area contributed by atoms with Crippen molar-refractivity contribution in [2.45, 2.75) is 24.5 Å². The van der Waals surface area contributed by atoms with E-state index in [1.54, 1.807) is 0 Å². The molecular formula is C4H9ClS. The SMILES string of the molecule is CCCC(S)Cl. The van der Waals surface area contributed by atoms with Crippen molar-refractivity contribution < 1.29 is 0 Å². The molecule has 0 aliphatic carbocycles. The fraction of sp³-hybridized carbons (Fsp3) is 1.00. The second-order valence-electron chi connectivity index (χ2n) is 1.22. The number of thiol groups is 1. The highest BCUT2D eigenvalue weighted by molar-refractivity contribution is 7.82. The summed E-state index contributed by atoms with van der Waals surface area (Å²) in [7, 11) is 0. The molecule has 1 atom stereocenters. The number of halogens is 1. The topological polar surface area (TPSA) is 0 Å². The van der Waals surface area contributed by atoms with Gasteiger partial charge in [0.1, 0.15) is 0 Å². The maximum absolute atomic E-state index is 5.44. The highest BCUT2D eigenvalue weighted by atomic mass is 35.5. The van der Waals surface area contributed by atoms with Gasteiger partial charge in [0, 0.05) is 0 Å². The highest BCUT2D eigenvalue weighted by Gasteiger charge is 1.89. The van der Waals surface area contributed by atoms with E-state index in [9.17, 15) is 0 Å². The maximum atomic E-state index is 5.44. The summed E-state index contributed by atoms with van der Waals surface area (Å²) in [5, 5.41) is 0. The van der Waals surface area contributed by atoms with Crippen LogP contribution in [0.1, 0.15) is 19.8 Å². The summed E-state index contributed by atoms with van der Waals surface area (Å²) in [6.45, 7) is 2.09. The van der Waals surface area contributed by atoms with Gasteiger partial charge in [-0.15, -0.1) is 11.6 Å². The van der Waals surface area contributed by atoms with Gasteiger partial charge in [0.2, 0.25) is 0 Å². The van der Waals surface area contributed by atoms with E-state index < -0.39 is 0 Å². The Balaban J connectivity index is 2.63. The summed E-state index contributed by atoms with van der Waals surface area (Å²) in [4.78, 5) is 0. The van der Waals surface area contributed by atoms with E-state index in [2.05, 4.69) is 19.6 Å². The summed E-state index contributed by atoms with van der Waals surface area (Å²) in [5.74, 6) is 0. The number of hydrogen-bond donors (Lipinski definition) is 1. The molecule has 0 fully saturated rings. The molecule has 1 unspecified atom stereocenters. The van der Waals surface area contributed by atoms with Crippen molar-refractivity contribution in [2.75, 3.05) is 0 Å². The maximum Gasteiger partial charge on any atom is 0.0759 e. The van der Waals surface area contributed by atoms with Crippen molar-refractivity contribution in [1.82, 2.24) is 0 Å². The van der Waals surface area contributed by atoms with Gasteiger partial charge in [-0.2, -0.15) is 12.6 Å². The fourth-order valence-corrected chi connectivity index (χ4v) is 0.715. The molecule has 0 aromatic heterocycles. The average molecular weight is 125 g/mol. The number of hydrogen-bond acceptors (Lipinski definition) is 1. The second-order valence-corrected chi connectivity index (χ2v) is 2.68. The second kappa shape index (κ2) is 3.82. The Kier molecular flexibility index (Phi) is 4.22. The van der Waals surface area contributed by atoms with Crippen LogP contribution in [0.15, 0.2) is 0 Å².